The molecular weight excluding hydrogens is 240 g/mol. The maximum Gasteiger partial charge on any atom is -0.00241 e. The lowest BCUT2D eigenvalue weighted by Gasteiger charge is -2.11. The average molecular weight is 256 g/mol. The quantitative estimate of drug-likeness (QED) is 0.351. The van der Waals surface area contributed by atoms with Crippen LogP contribution in [0.5, 0.6) is 0 Å². The summed E-state index contributed by atoms with van der Waals surface area (Å²) in [4.78, 5) is 0. The van der Waals surface area contributed by atoms with Gasteiger partial charge in [-0.05, 0) is 51.7 Å². The van der Waals surface area contributed by atoms with E-state index in [2.05, 4.69) is 74.5 Å². The van der Waals surface area contributed by atoms with Crippen LogP contribution in [0.1, 0.15) is 11.1 Å². The molecule has 0 saturated carbocycles. The monoisotopic (exact) mass is 256 g/mol. The number of hydrogen-bond acceptors (Lipinski definition) is 0. The van der Waals surface area contributed by atoms with Crippen LogP contribution in [0.25, 0.3) is 32.3 Å². The average Bonchev–Trinajstić information content (AvgIpc) is 2.46. The Morgan fingerprint density at radius 1 is 0.600 bits per heavy atom. The van der Waals surface area contributed by atoms with Crippen LogP contribution in [0.3, 0.4) is 0 Å². The molecule has 96 valence electrons. The number of hydrogen-bond donors (Lipinski definition) is 0. The molecule has 0 bridgehead atoms. The van der Waals surface area contributed by atoms with Crippen molar-refractivity contribution in [3.05, 3.63) is 71.8 Å². The molecule has 0 aromatic heterocycles. The first-order chi connectivity index (χ1) is 9.74. The lowest BCUT2D eigenvalue weighted by molar-refractivity contribution is 1.44. The molecule has 0 heteroatoms. The molecule has 20 heavy (non-hydrogen) atoms. The second-order valence-corrected chi connectivity index (χ2v) is 5.63. The molecule has 4 aromatic rings. The third-order valence-electron chi connectivity index (χ3n) is 4.16. The summed E-state index contributed by atoms with van der Waals surface area (Å²) in [6.45, 7) is 4.39. The van der Waals surface area contributed by atoms with Crippen LogP contribution in [0.2, 0.25) is 0 Å². The van der Waals surface area contributed by atoms with Crippen molar-refractivity contribution in [3.63, 3.8) is 0 Å². The first-order valence-electron chi connectivity index (χ1n) is 7.05. The molecular formula is C20H16. The van der Waals surface area contributed by atoms with E-state index in [1.54, 1.807) is 0 Å². The third-order valence-corrected chi connectivity index (χ3v) is 4.16. The topological polar surface area (TPSA) is 0 Å². The Hall–Kier alpha value is -2.34. The summed E-state index contributed by atoms with van der Waals surface area (Å²) < 4.78 is 0. The highest BCUT2D eigenvalue weighted by atomic mass is 14.1. The predicted octanol–water partition coefficient (Wildman–Crippen LogP) is 5.76. The Bertz CT molecular complexity index is 962. The SMILES string of the molecule is Cc1cc(C)c2c(ccc3ccc4ccccc4c32)c1. The van der Waals surface area contributed by atoms with Crippen LogP contribution < -0.4 is 0 Å². The number of rotatable bonds is 0. The zero-order valence-electron chi connectivity index (χ0n) is 11.8. The molecule has 0 aliphatic carbocycles. The fourth-order valence-electron chi connectivity index (χ4n) is 3.36. The molecule has 4 aromatic carbocycles. The fraction of sp³-hybridized carbons (Fsp3) is 0.100. The lowest BCUT2D eigenvalue weighted by atomic mass is 9.93. The predicted molar refractivity (Wildman–Crippen MR) is 88.4 cm³/mol. The van der Waals surface area contributed by atoms with Gasteiger partial charge in [-0.25, -0.2) is 0 Å². The molecule has 0 heterocycles. The van der Waals surface area contributed by atoms with Crippen LogP contribution in [0.4, 0.5) is 0 Å². The van der Waals surface area contributed by atoms with E-state index in [1.165, 1.54) is 43.4 Å². The summed E-state index contributed by atoms with van der Waals surface area (Å²) in [7, 11) is 0. The summed E-state index contributed by atoms with van der Waals surface area (Å²) >= 11 is 0. The van der Waals surface area contributed by atoms with Crippen molar-refractivity contribution < 1.29 is 0 Å². The standard InChI is InChI=1S/C20H16/c1-13-11-14(2)19-17(12-13)10-9-16-8-7-15-5-3-4-6-18(15)20(16)19/h3-12H,1-2H3. The van der Waals surface area contributed by atoms with Crippen molar-refractivity contribution in [3.8, 4) is 0 Å². The van der Waals surface area contributed by atoms with E-state index in [4.69, 9.17) is 0 Å². The largest absolute Gasteiger partial charge is 0.0616 e. The van der Waals surface area contributed by atoms with E-state index in [0.717, 1.165) is 0 Å². The Balaban J connectivity index is 2.37. The zero-order valence-corrected chi connectivity index (χ0v) is 11.8. The van der Waals surface area contributed by atoms with E-state index >= 15 is 0 Å². The van der Waals surface area contributed by atoms with Crippen LogP contribution in [0, 0.1) is 13.8 Å². The molecule has 0 fully saturated rings. The highest BCUT2D eigenvalue weighted by Gasteiger charge is 2.07. The van der Waals surface area contributed by atoms with Gasteiger partial charge in [0, 0.05) is 0 Å². The van der Waals surface area contributed by atoms with Crippen molar-refractivity contribution in [1.82, 2.24) is 0 Å². The lowest BCUT2D eigenvalue weighted by Crippen LogP contribution is -1.85. The smallest absolute Gasteiger partial charge is 0.00241 e. The van der Waals surface area contributed by atoms with Gasteiger partial charge in [-0.15, -0.1) is 0 Å². The molecule has 0 unspecified atom stereocenters. The highest BCUT2D eigenvalue weighted by Crippen LogP contribution is 2.34. The maximum absolute atomic E-state index is 2.28. The van der Waals surface area contributed by atoms with E-state index in [0.29, 0.717) is 0 Å². The van der Waals surface area contributed by atoms with Gasteiger partial charge in [-0.2, -0.15) is 0 Å². The summed E-state index contributed by atoms with van der Waals surface area (Å²) in [5.41, 5.74) is 2.69. The molecule has 0 aliphatic heterocycles. The molecule has 0 radical (unpaired) electrons. The summed E-state index contributed by atoms with van der Waals surface area (Å²) in [5.74, 6) is 0. The summed E-state index contributed by atoms with van der Waals surface area (Å²) in [6.07, 6.45) is 0. The minimum absolute atomic E-state index is 1.31. The van der Waals surface area contributed by atoms with Gasteiger partial charge in [0.15, 0.2) is 0 Å². The molecule has 0 saturated heterocycles. The van der Waals surface area contributed by atoms with Gasteiger partial charge in [-0.1, -0.05) is 66.2 Å². The van der Waals surface area contributed by atoms with E-state index in [9.17, 15) is 0 Å². The van der Waals surface area contributed by atoms with Gasteiger partial charge >= 0.3 is 0 Å². The molecule has 0 amide bonds. The van der Waals surface area contributed by atoms with Gasteiger partial charge in [0.25, 0.3) is 0 Å². The number of fused-ring (bicyclic) bond motifs is 5. The zero-order chi connectivity index (χ0) is 13.7. The summed E-state index contributed by atoms with van der Waals surface area (Å²) in [5, 5.41) is 8.10. The molecule has 0 aliphatic rings. The molecule has 0 N–H and O–H groups in total. The third kappa shape index (κ3) is 1.55. The number of aryl methyl sites for hydroxylation is 2. The Kier molecular flexibility index (Phi) is 2.34. The van der Waals surface area contributed by atoms with Gasteiger partial charge in [0.2, 0.25) is 0 Å². The van der Waals surface area contributed by atoms with Crippen molar-refractivity contribution in [2.75, 3.05) is 0 Å². The van der Waals surface area contributed by atoms with Crippen LogP contribution in [0.15, 0.2) is 60.7 Å². The second-order valence-electron chi connectivity index (χ2n) is 5.63. The molecule has 0 atom stereocenters. The fourth-order valence-corrected chi connectivity index (χ4v) is 3.36. The minimum atomic E-state index is 1.31. The van der Waals surface area contributed by atoms with Crippen molar-refractivity contribution >= 4 is 32.3 Å². The van der Waals surface area contributed by atoms with Gasteiger partial charge in [0.1, 0.15) is 0 Å². The van der Waals surface area contributed by atoms with Gasteiger partial charge in [0.05, 0.1) is 0 Å². The first kappa shape index (κ1) is 11.5. The normalized spacial score (nSPS) is 11.5. The molecule has 0 nitrogen and oxygen atoms in total. The van der Waals surface area contributed by atoms with Crippen molar-refractivity contribution in [2.45, 2.75) is 13.8 Å². The molecule has 4 rings (SSSR count). The maximum atomic E-state index is 2.28. The van der Waals surface area contributed by atoms with E-state index < -0.39 is 0 Å². The molecule has 0 spiro atoms. The minimum Gasteiger partial charge on any atom is -0.0616 e. The van der Waals surface area contributed by atoms with Crippen LogP contribution >= 0.6 is 0 Å². The van der Waals surface area contributed by atoms with Crippen molar-refractivity contribution in [2.24, 2.45) is 0 Å². The Labute approximate surface area is 118 Å². The van der Waals surface area contributed by atoms with Gasteiger partial charge in [-0.3, -0.25) is 0 Å². The Morgan fingerprint density at radius 2 is 1.30 bits per heavy atom. The van der Waals surface area contributed by atoms with E-state index in [1.807, 2.05) is 0 Å². The van der Waals surface area contributed by atoms with Crippen LogP contribution in [-0.2, 0) is 0 Å². The Morgan fingerprint density at radius 3 is 2.15 bits per heavy atom. The summed E-state index contributed by atoms with van der Waals surface area (Å²) in [6, 6.07) is 22.2. The van der Waals surface area contributed by atoms with E-state index in [-0.39, 0.29) is 0 Å². The van der Waals surface area contributed by atoms with Gasteiger partial charge < -0.3 is 0 Å². The first-order valence-corrected chi connectivity index (χ1v) is 7.05. The van der Waals surface area contributed by atoms with Crippen LogP contribution in [-0.4, -0.2) is 0 Å². The second kappa shape index (κ2) is 4.08. The van der Waals surface area contributed by atoms with Crippen molar-refractivity contribution in [1.29, 1.82) is 0 Å². The number of benzene rings is 4. The highest BCUT2D eigenvalue weighted by molar-refractivity contribution is 6.21.